The highest BCUT2D eigenvalue weighted by molar-refractivity contribution is 6.01. The quantitative estimate of drug-likeness (QED) is 0.687. The van der Waals surface area contributed by atoms with E-state index in [1.165, 1.54) is 18.2 Å². The Morgan fingerprint density at radius 2 is 2.08 bits per heavy atom. The van der Waals surface area contributed by atoms with Crippen LogP contribution in [0.4, 0.5) is 10.1 Å². The molecule has 1 aromatic carbocycles. The van der Waals surface area contributed by atoms with E-state index >= 15 is 0 Å². The van der Waals surface area contributed by atoms with Crippen molar-refractivity contribution < 1.29 is 13.9 Å². The fourth-order valence-electron chi connectivity index (χ4n) is 2.16. The van der Waals surface area contributed by atoms with Crippen LogP contribution in [0.3, 0.4) is 0 Å². The van der Waals surface area contributed by atoms with E-state index in [9.17, 15) is 9.18 Å². The number of ether oxygens (including phenoxy) is 1. The van der Waals surface area contributed by atoms with Crippen molar-refractivity contribution in [3.05, 3.63) is 90.3 Å². The van der Waals surface area contributed by atoms with Crippen LogP contribution in [0, 0.1) is 5.82 Å². The molecule has 3 rings (SSSR count). The number of aromatic nitrogens is 2. The van der Waals surface area contributed by atoms with E-state index in [0.717, 1.165) is 5.56 Å². The fourth-order valence-corrected chi connectivity index (χ4v) is 2.16. The molecule has 0 fully saturated rings. The molecule has 1 amide bonds. The van der Waals surface area contributed by atoms with E-state index in [1.54, 1.807) is 48.9 Å². The van der Waals surface area contributed by atoms with E-state index in [0.29, 0.717) is 11.4 Å². The number of halogens is 1. The van der Waals surface area contributed by atoms with E-state index in [2.05, 4.69) is 15.3 Å². The van der Waals surface area contributed by atoms with Crippen molar-refractivity contribution in [2.75, 3.05) is 5.32 Å². The van der Waals surface area contributed by atoms with Crippen molar-refractivity contribution in [1.29, 1.82) is 0 Å². The molecule has 0 saturated carbocycles. The number of nitrogens with zero attached hydrogens (tertiary/aromatic N) is 2. The van der Waals surface area contributed by atoms with Crippen LogP contribution in [0.2, 0.25) is 0 Å². The minimum absolute atomic E-state index is 0.0968. The lowest BCUT2D eigenvalue weighted by atomic mass is 10.2. The molecular weight excluding hydrogens is 333 g/mol. The molecule has 130 valence electrons. The summed E-state index contributed by atoms with van der Waals surface area (Å²) in [6.07, 6.45) is 7.92. The summed E-state index contributed by atoms with van der Waals surface area (Å²) in [5.41, 5.74) is 1.84. The minimum atomic E-state index is -0.560. The third-order valence-corrected chi connectivity index (χ3v) is 3.41. The van der Waals surface area contributed by atoms with Gasteiger partial charge in [-0.15, -0.1) is 0 Å². The molecule has 2 aromatic heterocycles. The second-order valence-corrected chi connectivity index (χ2v) is 5.36. The smallest absolute Gasteiger partial charge is 0.248 e. The molecule has 0 bridgehead atoms. The van der Waals surface area contributed by atoms with Gasteiger partial charge in [-0.3, -0.25) is 14.8 Å². The van der Waals surface area contributed by atoms with E-state index in [4.69, 9.17) is 4.74 Å². The number of pyridine rings is 2. The highest BCUT2D eigenvalue weighted by atomic mass is 19.1. The Morgan fingerprint density at radius 3 is 2.81 bits per heavy atom. The van der Waals surface area contributed by atoms with Gasteiger partial charge in [0.1, 0.15) is 6.61 Å². The fraction of sp³-hybridized carbons (Fsp3) is 0.0500. The molecule has 5 nitrogen and oxygen atoms in total. The molecule has 2 heterocycles. The molecule has 0 saturated heterocycles. The molecule has 26 heavy (non-hydrogen) atoms. The van der Waals surface area contributed by atoms with Gasteiger partial charge in [-0.25, -0.2) is 4.39 Å². The van der Waals surface area contributed by atoms with Crippen molar-refractivity contribution in [3.63, 3.8) is 0 Å². The Labute approximate surface area is 150 Å². The lowest BCUT2D eigenvalue weighted by molar-refractivity contribution is -0.111. The summed E-state index contributed by atoms with van der Waals surface area (Å²) in [4.78, 5) is 20.0. The summed E-state index contributed by atoms with van der Waals surface area (Å²) in [7, 11) is 0. The average molecular weight is 349 g/mol. The van der Waals surface area contributed by atoms with E-state index in [-0.39, 0.29) is 18.3 Å². The monoisotopic (exact) mass is 349 g/mol. The highest BCUT2D eigenvalue weighted by Gasteiger charge is 2.07. The van der Waals surface area contributed by atoms with Gasteiger partial charge in [0, 0.05) is 36.4 Å². The Morgan fingerprint density at radius 1 is 1.15 bits per heavy atom. The van der Waals surface area contributed by atoms with Crippen LogP contribution < -0.4 is 10.1 Å². The third-order valence-electron chi connectivity index (χ3n) is 3.41. The van der Waals surface area contributed by atoms with Gasteiger partial charge >= 0.3 is 0 Å². The average Bonchev–Trinajstić information content (AvgIpc) is 2.67. The van der Waals surface area contributed by atoms with Crippen LogP contribution >= 0.6 is 0 Å². The van der Waals surface area contributed by atoms with E-state index in [1.807, 2.05) is 12.1 Å². The first-order valence-corrected chi connectivity index (χ1v) is 7.92. The molecule has 6 heteroatoms. The van der Waals surface area contributed by atoms with Crippen LogP contribution in [-0.2, 0) is 11.4 Å². The molecule has 0 aliphatic carbocycles. The van der Waals surface area contributed by atoms with Crippen molar-refractivity contribution in [2.24, 2.45) is 0 Å². The second-order valence-electron chi connectivity index (χ2n) is 5.36. The summed E-state index contributed by atoms with van der Waals surface area (Å²) in [5, 5.41) is 2.60. The van der Waals surface area contributed by atoms with Crippen molar-refractivity contribution in [1.82, 2.24) is 9.97 Å². The summed E-state index contributed by atoms with van der Waals surface area (Å²) in [6, 6.07) is 13.3. The minimum Gasteiger partial charge on any atom is -0.484 e. The zero-order valence-electron chi connectivity index (χ0n) is 13.8. The maximum Gasteiger partial charge on any atom is 0.248 e. The van der Waals surface area contributed by atoms with Gasteiger partial charge in [0.05, 0.1) is 5.69 Å². The molecule has 1 N–H and O–H groups in total. The number of carbonyl (C=O) groups excluding carboxylic acids is 1. The Hall–Kier alpha value is -3.54. The van der Waals surface area contributed by atoms with Gasteiger partial charge in [0.2, 0.25) is 5.91 Å². The van der Waals surface area contributed by atoms with Crippen molar-refractivity contribution in [2.45, 2.75) is 6.61 Å². The van der Waals surface area contributed by atoms with Crippen LogP contribution in [0.25, 0.3) is 6.08 Å². The lowest BCUT2D eigenvalue weighted by Crippen LogP contribution is -2.08. The molecular formula is C20H16FN3O2. The van der Waals surface area contributed by atoms with Gasteiger partial charge in [-0.05, 0) is 42.0 Å². The normalized spacial score (nSPS) is 10.7. The number of hydrogen-bond donors (Lipinski definition) is 1. The number of amides is 1. The number of rotatable bonds is 6. The molecule has 0 spiro atoms. The highest BCUT2D eigenvalue weighted by Crippen LogP contribution is 2.22. The molecule has 3 aromatic rings. The number of nitrogens with one attached hydrogen (secondary N) is 1. The number of anilines is 1. The Bertz CT molecular complexity index is 899. The maximum absolute atomic E-state index is 14.1. The topological polar surface area (TPSA) is 64.1 Å². The largest absolute Gasteiger partial charge is 0.484 e. The number of benzene rings is 1. The predicted octanol–water partition coefficient (Wildman–Crippen LogP) is 3.85. The number of carbonyl (C=O) groups is 1. The first-order valence-electron chi connectivity index (χ1n) is 7.92. The van der Waals surface area contributed by atoms with Crippen LogP contribution in [0.5, 0.6) is 5.75 Å². The zero-order chi connectivity index (χ0) is 18.2. The number of hydrogen-bond acceptors (Lipinski definition) is 4. The van der Waals surface area contributed by atoms with Crippen LogP contribution in [-0.4, -0.2) is 15.9 Å². The Balaban J connectivity index is 1.58. The predicted molar refractivity (Wildman–Crippen MR) is 96.9 cm³/mol. The van der Waals surface area contributed by atoms with Crippen LogP contribution in [0.1, 0.15) is 11.3 Å². The van der Waals surface area contributed by atoms with Gasteiger partial charge in [-0.2, -0.15) is 0 Å². The van der Waals surface area contributed by atoms with Crippen molar-refractivity contribution >= 4 is 17.7 Å². The summed E-state index contributed by atoms with van der Waals surface area (Å²) >= 11 is 0. The summed E-state index contributed by atoms with van der Waals surface area (Å²) < 4.78 is 19.5. The zero-order valence-corrected chi connectivity index (χ0v) is 13.8. The lowest BCUT2D eigenvalue weighted by Gasteiger charge is -2.08. The van der Waals surface area contributed by atoms with Gasteiger partial charge in [-0.1, -0.05) is 12.1 Å². The van der Waals surface area contributed by atoms with Crippen LogP contribution in [0.15, 0.2) is 73.2 Å². The van der Waals surface area contributed by atoms with Gasteiger partial charge < -0.3 is 10.1 Å². The molecule has 0 radical (unpaired) electrons. The molecule has 0 unspecified atom stereocenters. The summed E-state index contributed by atoms with van der Waals surface area (Å²) in [5.74, 6) is -0.829. The maximum atomic E-state index is 14.1. The molecule has 0 aliphatic rings. The summed E-state index contributed by atoms with van der Waals surface area (Å²) in [6.45, 7) is 0.164. The first kappa shape index (κ1) is 17.3. The first-order chi connectivity index (χ1) is 12.7. The Kier molecular flexibility index (Phi) is 5.67. The third kappa shape index (κ3) is 4.98. The standard InChI is InChI=1S/C20H16FN3O2/c21-18-12-16(24-20(25)9-6-15-4-3-10-22-13-15)7-8-19(18)26-14-17-5-1-2-11-23-17/h1-13H,14H2,(H,24,25)/b9-6+. The van der Waals surface area contributed by atoms with Gasteiger partial charge in [0.25, 0.3) is 0 Å². The SMILES string of the molecule is O=C(/C=C/c1cccnc1)Nc1ccc(OCc2ccccn2)c(F)c1. The molecule has 0 atom stereocenters. The van der Waals surface area contributed by atoms with E-state index < -0.39 is 5.82 Å². The second kappa shape index (κ2) is 8.53. The molecule has 0 aliphatic heterocycles. The van der Waals surface area contributed by atoms with Gasteiger partial charge in [0.15, 0.2) is 11.6 Å². The van der Waals surface area contributed by atoms with Crippen molar-refractivity contribution in [3.8, 4) is 5.75 Å².